The van der Waals surface area contributed by atoms with Crippen molar-refractivity contribution in [3.63, 3.8) is 0 Å². The maximum Gasteiger partial charge on any atom is 0.331 e. The van der Waals surface area contributed by atoms with E-state index >= 15 is 0 Å². The van der Waals surface area contributed by atoms with Gasteiger partial charge in [-0.2, -0.15) is 0 Å². The van der Waals surface area contributed by atoms with Crippen LogP contribution in [0.15, 0.2) is 71.6 Å². The van der Waals surface area contributed by atoms with Gasteiger partial charge in [-0.1, -0.05) is 92.1 Å². The fourth-order valence-corrected chi connectivity index (χ4v) is 7.25. The van der Waals surface area contributed by atoms with E-state index in [0.717, 1.165) is 77.4 Å². The Bertz CT molecular complexity index is 1940. The van der Waals surface area contributed by atoms with Gasteiger partial charge in [0, 0.05) is 28.2 Å². The van der Waals surface area contributed by atoms with E-state index in [4.69, 9.17) is 50.3 Å². The summed E-state index contributed by atoms with van der Waals surface area (Å²) in [6.45, 7) is 15.5. The van der Waals surface area contributed by atoms with Crippen molar-refractivity contribution >= 4 is 81.0 Å². The highest BCUT2D eigenvalue weighted by Crippen LogP contribution is 2.48. The largest absolute Gasteiger partial charge is 0.467 e. The number of fused-ring (bicyclic) bond motifs is 2. The van der Waals surface area contributed by atoms with E-state index in [1.54, 1.807) is 0 Å². The molecule has 1 fully saturated rings. The zero-order valence-electron chi connectivity index (χ0n) is 29.2. The molecule has 1 aliphatic heterocycles. The predicted octanol–water partition coefficient (Wildman–Crippen LogP) is 7.39. The van der Waals surface area contributed by atoms with E-state index in [-0.39, 0.29) is 24.7 Å². The molecule has 0 bridgehead atoms. The average Bonchev–Trinajstić information content (AvgIpc) is 3.30. The lowest BCUT2D eigenvalue weighted by atomic mass is 9.55. The number of aryl methyl sites for hydroxylation is 1. The zero-order chi connectivity index (χ0) is 34.5. The molecule has 1 heterocycles. The minimum absolute atomic E-state index is 0.117. The van der Waals surface area contributed by atoms with Gasteiger partial charge in [-0.25, -0.2) is 0 Å². The van der Waals surface area contributed by atoms with Gasteiger partial charge in [0.1, 0.15) is 21.4 Å². The summed E-state index contributed by atoms with van der Waals surface area (Å²) in [5.74, 6) is 1.12. The zero-order valence-corrected chi connectivity index (χ0v) is 30.1. The van der Waals surface area contributed by atoms with Crippen LogP contribution >= 0.6 is 12.6 Å². The summed E-state index contributed by atoms with van der Waals surface area (Å²) < 4.78 is 19.3. The summed E-state index contributed by atoms with van der Waals surface area (Å²) in [6, 6.07) is 23.2. The van der Waals surface area contributed by atoms with E-state index in [0.29, 0.717) is 29.8 Å². The van der Waals surface area contributed by atoms with Crippen LogP contribution in [0, 0.1) is 12.8 Å². The van der Waals surface area contributed by atoms with Crippen LogP contribution < -0.4 is 21.1 Å². The third-order valence-corrected chi connectivity index (χ3v) is 10.5. The quantitative estimate of drug-likeness (QED) is 0.0596. The molecule has 8 heteroatoms. The van der Waals surface area contributed by atoms with Crippen molar-refractivity contribution in [2.75, 3.05) is 13.4 Å². The molecular weight excluding hydrogens is 604 g/mol. The van der Waals surface area contributed by atoms with Gasteiger partial charge >= 0.3 is 6.92 Å². The van der Waals surface area contributed by atoms with Gasteiger partial charge < -0.3 is 14.1 Å². The molecule has 48 heavy (non-hydrogen) atoms. The van der Waals surface area contributed by atoms with Crippen molar-refractivity contribution < 1.29 is 14.1 Å². The highest BCUT2D eigenvalue weighted by atomic mass is 32.1. The average molecular weight is 646 g/mol. The predicted molar refractivity (Wildman–Crippen MR) is 210 cm³/mol. The van der Waals surface area contributed by atoms with Crippen molar-refractivity contribution in [2.24, 2.45) is 5.92 Å². The molecule has 0 saturated carbocycles. The summed E-state index contributed by atoms with van der Waals surface area (Å²) >= 11 is 4.82. The van der Waals surface area contributed by atoms with Crippen molar-refractivity contribution in [1.82, 2.24) is 0 Å². The second-order valence-corrected chi connectivity index (χ2v) is 15.1. The molecule has 1 aliphatic rings. The molecule has 1 atom stereocenters. The third kappa shape index (κ3) is 6.49. The first-order valence-electron chi connectivity index (χ1n) is 16.9. The molecule has 0 aliphatic carbocycles. The number of thiol groups is 1. The van der Waals surface area contributed by atoms with Crippen molar-refractivity contribution in [3.05, 3.63) is 77.9 Å². The van der Waals surface area contributed by atoms with Crippen LogP contribution in [0.2, 0.25) is 12.6 Å². The van der Waals surface area contributed by atoms with Crippen LogP contribution in [-0.2, 0) is 14.8 Å². The SMILES string of the molecule is [B]CC(C)(C)c1cc(B2CC(C)C(C)(C)O2)c(OCOCC)c(-c2c3ccc([B])cc3c(-c3cc([B])cc(C)c3)c3cc(S)ccc23)c1. The molecule has 6 rings (SSSR count). The lowest BCUT2D eigenvalue weighted by Crippen LogP contribution is -2.36. The standard InChI is InChI=1S/C40H42B4O3S/c1-8-45-22-46-38-34(16-26(39(4,5)21-41)17-35(38)44-20-24(3)40(6,7)47-44)37-30-11-9-27(42)18-32(30)36(25-13-23(2)14-28(43)15-25)33-19-29(48)10-12-31(33)37/h9-19,24,48H,8,20-22H2,1-7H3. The van der Waals surface area contributed by atoms with Gasteiger partial charge in [-0.3, -0.25) is 0 Å². The van der Waals surface area contributed by atoms with Crippen molar-refractivity contribution in [1.29, 1.82) is 0 Å². The van der Waals surface area contributed by atoms with Crippen LogP contribution in [-0.4, -0.2) is 49.5 Å². The maximum absolute atomic E-state index is 6.80. The maximum atomic E-state index is 6.80. The van der Waals surface area contributed by atoms with Crippen LogP contribution in [0.4, 0.5) is 0 Å². The number of ether oxygens (including phenoxy) is 2. The van der Waals surface area contributed by atoms with E-state index in [1.807, 2.05) is 31.2 Å². The first-order chi connectivity index (χ1) is 22.7. The molecule has 3 nitrogen and oxygen atoms in total. The Hall–Kier alpha value is -3.05. The lowest BCUT2D eigenvalue weighted by Gasteiger charge is -2.29. The molecule has 6 radical (unpaired) electrons. The fraction of sp³-hybridized carbons (Fsp3) is 0.350. The van der Waals surface area contributed by atoms with E-state index < -0.39 is 0 Å². The first-order valence-corrected chi connectivity index (χ1v) is 17.3. The summed E-state index contributed by atoms with van der Waals surface area (Å²) in [5.41, 5.74) is 8.13. The fourth-order valence-electron chi connectivity index (χ4n) is 7.05. The summed E-state index contributed by atoms with van der Waals surface area (Å²) in [6.07, 6.45) is 1.35. The number of hydrogen-bond acceptors (Lipinski definition) is 4. The third-order valence-electron chi connectivity index (χ3n) is 10.2. The van der Waals surface area contributed by atoms with Crippen LogP contribution in [0.1, 0.15) is 52.7 Å². The Balaban J connectivity index is 1.78. The van der Waals surface area contributed by atoms with Crippen molar-refractivity contribution in [2.45, 2.75) is 77.0 Å². The van der Waals surface area contributed by atoms with E-state index in [2.05, 4.69) is 84.0 Å². The molecule has 5 aromatic rings. The highest BCUT2D eigenvalue weighted by Gasteiger charge is 2.44. The topological polar surface area (TPSA) is 27.7 Å². The number of rotatable bonds is 9. The minimum Gasteiger partial charge on any atom is -0.467 e. The molecule has 0 spiro atoms. The Morgan fingerprint density at radius 2 is 1.62 bits per heavy atom. The minimum atomic E-state index is -0.310. The molecular formula is C40H42B4O3S. The van der Waals surface area contributed by atoms with Crippen LogP contribution in [0.25, 0.3) is 43.8 Å². The van der Waals surface area contributed by atoms with Gasteiger partial charge in [0.15, 0.2) is 6.79 Å². The summed E-state index contributed by atoms with van der Waals surface area (Å²) in [4.78, 5) is 0.862. The Labute approximate surface area is 296 Å². The van der Waals surface area contributed by atoms with Crippen LogP contribution in [0.5, 0.6) is 5.75 Å². The van der Waals surface area contributed by atoms with Gasteiger partial charge in [0.2, 0.25) is 0 Å². The van der Waals surface area contributed by atoms with Gasteiger partial charge in [-0.05, 0) is 107 Å². The van der Waals surface area contributed by atoms with Gasteiger partial charge in [0.25, 0.3) is 0 Å². The Kier molecular flexibility index (Phi) is 9.67. The Morgan fingerprint density at radius 1 is 0.917 bits per heavy atom. The first kappa shape index (κ1) is 34.8. The number of benzene rings is 5. The molecule has 0 N–H and O–H groups in total. The smallest absolute Gasteiger partial charge is 0.331 e. The second kappa shape index (κ2) is 13.3. The summed E-state index contributed by atoms with van der Waals surface area (Å²) in [5, 5.41) is 4.19. The normalized spacial score (nSPS) is 16.2. The second-order valence-electron chi connectivity index (χ2n) is 14.5. The molecule has 238 valence electrons. The van der Waals surface area contributed by atoms with Gasteiger partial charge in [0.05, 0.1) is 7.85 Å². The molecule has 5 aromatic carbocycles. The molecule has 1 unspecified atom stereocenters. The lowest BCUT2D eigenvalue weighted by molar-refractivity contribution is 0.0232. The molecule has 0 aromatic heterocycles. The molecule has 1 saturated heterocycles. The number of hydrogen-bond donors (Lipinski definition) is 1. The molecule has 0 amide bonds. The van der Waals surface area contributed by atoms with Crippen LogP contribution in [0.3, 0.4) is 0 Å². The van der Waals surface area contributed by atoms with E-state index in [9.17, 15) is 0 Å². The Morgan fingerprint density at radius 3 is 2.27 bits per heavy atom. The monoisotopic (exact) mass is 646 g/mol. The van der Waals surface area contributed by atoms with E-state index in [1.165, 1.54) is 0 Å². The highest BCUT2D eigenvalue weighted by molar-refractivity contribution is 7.80. The van der Waals surface area contributed by atoms with Crippen molar-refractivity contribution in [3.8, 4) is 28.0 Å². The van der Waals surface area contributed by atoms with Gasteiger partial charge in [-0.15, -0.1) is 12.6 Å². The summed E-state index contributed by atoms with van der Waals surface area (Å²) in [7, 11) is 19.4.